The van der Waals surface area contributed by atoms with Crippen LogP contribution in [0.15, 0.2) is 23.3 Å². The molecule has 0 rings (SSSR count). The van der Waals surface area contributed by atoms with Crippen molar-refractivity contribution >= 4 is 10.1 Å². The molecule has 0 saturated heterocycles. The van der Waals surface area contributed by atoms with Crippen LogP contribution in [0.1, 0.15) is 46.5 Å². The molecule has 0 aliphatic heterocycles. The van der Waals surface area contributed by atoms with Crippen molar-refractivity contribution in [2.75, 3.05) is 32.9 Å². The number of unbranched alkanes of at least 4 members (excludes halogenated alkanes) is 1. The molecule has 0 spiro atoms. The Hall–Kier alpha value is -0.650. The van der Waals surface area contributed by atoms with Crippen molar-refractivity contribution in [3.8, 4) is 0 Å². The first-order chi connectivity index (χ1) is 9.52. The van der Waals surface area contributed by atoms with Gasteiger partial charge in [-0.05, 0) is 52.5 Å². The third kappa shape index (κ3) is 14.1. The Morgan fingerprint density at radius 1 is 1.10 bits per heavy atom. The second kappa shape index (κ2) is 9.38. The lowest BCUT2D eigenvalue weighted by atomic mass is 10.1. The van der Waals surface area contributed by atoms with Crippen LogP contribution >= 0.6 is 0 Å². The van der Waals surface area contributed by atoms with Gasteiger partial charge in [-0.15, -0.1) is 0 Å². The van der Waals surface area contributed by atoms with Gasteiger partial charge in [0.1, 0.15) is 0 Å². The van der Waals surface area contributed by atoms with E-state index in [9.17, 15) is 13.0 Å². The second-order valence-corrected chi connectivity index (χ2v) is 8.21. The molecule has 21 heavy (non-hydrogen) atoms. The highest BCUT2D eigenvalue weighted by Gasteiger charge is 2.12. The minimum Gasteiger partial charge on any atom is -0.748 e. The highest BCUT2D eigenvalue weighted by atomic mass is 32.2. The molecule has 0 aromatic heterocycles. The van der Waals surface area contributed by atoms with Crippen molar-refractivity contribution < 1.29 is 17.5 Å². The predicted molar refractivity (Wildman–Crippen MR) is 88.1 cm³/mol. The van der Waals surface area contributed by atoms with Crippen LogP contribution in [0.3, 0.4) is 0 Å². The molecule has 0 saturated carbocycles. The summed E-state index contributed by atoms with van der Waals surface area (Å²) in [6.07, 6.45) is 7.90. The fraction of sp³-hybridized carbons (Fsp3) is 0.750. The topological polar surface area (TPSA) is 57.2 Å². The molecule has 5 heteroatoms. The highest BCUT2D eigenvalue weighted by Crippen LogP contribution is 2.09. The van der Waals surface area contributed by atoms with Crippen molar-refractivity contribution in [3.05, 3.63) is 23.3 Å². The minimum atomic E-state index is -4.06. The van der Waals surface area contributed by atoms with Gasteiger partial charge in [-0.3, -0.25) is 0 Å². The number of nitrogens with zero attached hydrogens (tertiary/aromatic N) is 1. The smallest absolute Gasteiger partial charge is 0.0972 e. The predicted octanol–water partition coefficient (Wildman–Crippen LogP) is 3.08. The molecular formula is C16H31NO3S. The summed E-state index contributed by atoms with van der Waals surface area (Å²) in [5.74, 6) is -0.245. The third-order valence-electron chi connectivity index (χ3n) is 3.43. The van der Waals surface area contributed by atoms with Crippen LogP contribution in [0.5, 0.6) is 0 Å². The van der Waals surface area contributed by atoms with E-state index in [-0.39, 0.29) is 5.75 Å². The highest BCUT2D eigenvalue weighted by molar-refractivity contribution is 7.85. The van der Waals surface area contributed by atoms with E-state index >= 15 is 0 Å². The molecule has 0 aliphatic rings. The fourth-order valence-corrected chi connectivity index (χ4v) is 2.56. The van der Waals surface area contributed by atoms with Gasteiger partial charge in [0.2, 0.25) is 0 Å². The Bertz CT molecular complexity index is 458. The second-order valence-electron chi connectivity index (χ2n) is 6.68. The molecule has 0 fully saturated rings. The minimum absolute atomic E-state index is 0.245. The molecule has 4 nitrogen and oxygen atoms in total. The van der Waals surface area contributed by atoms with E-state index in [1.165, 1.54) is 11.1 Å². The first-order valence-electron chi connectivity index (χ1n) is 7.56. The van der Waals surface area contributed by atoms with E-state index in [2.05, 4.69) is 47.0 Å². The van der Waals surface area contributed by atoms with Crippen LogP contribution in [-0.2, 0) is 10.1 Å². The van der Waals surface area contributed by atoms with Gasteiger partial charge in [0, 0.05) is 5.75 Å². The quantitative estimate of drug-likeness (QED) is 0.269. The van der Waals surface area contributed by atoms with E-state index in [0.717, 1.165) is 36.8 Å². The Morgan fingerprint density at radius 3 is 2.24 bits per heavy atom. The zero-order valence-electron chi connectivity index (χ0n) is 14.2. The Morgan fingerprint density at radius 2 is 1.71 bits per heavy atom. The van der Waals surface area contributed by atoms with Gasteiger partial charge in [0.25, 0.3) is 0 Å². The average Bonchev–Trinajstić information content (AvgIpc) is 2.31. The zero-order valence-corrected chi connectivity index (χ0v) is 15.0. The summed E-state index contributed by atoms with van der Waals surface area (Å²) < 4.78 is 32.5. The summed E-state index contributed by atoms with van der Waals surface area (Å²) in [6.45, 7) is 8.20. The van der Waals surface area contributed by atoms with Crippen molar-refractivity contribution in [1.29, 1.82) is 0 Å². The number of likely N-dealkylation sites (N-methyl/N-ethyl adjacent to an activating group) is 1. The van der Waals surface area contributed by atoms with Gasteiger partial charge in [-0.2, -0.15) is 0 Å². The SMILES string of the molecule is CC(C)=CCC/C(C)=C/C[N+](C)(C)CCCCS(=O)(=O)[O-]. The van der Waals surface area contributed by atoms with Crippen LogP contribution in [0.2, 0.25) is 0 Å². The van der Waals surface area contributed by atoms with Crippen molar-refractivity contribution in [1.82, 2.24) is 0 Å². The maximum absolute atomic E-state index is 10.5. The molecule has 0 N–H and O–H groups in total. The Balaban J connectivity index is 4.07. The summed E-state index contributed by atoms with van der Waals surface area (Å²) in [5, 5.41) is 0. The van der Waals surface area contributed by atoms with Gasteiger partial charge >= 0.3 is 0 Å². The van der Waals surface area contributed by atoms with E-state index in [1.807, 2.05) is 0 Å². The third-order valence-corrected chi connectivity index (χ3v) is 4.22. The van der Waals surface area contributed by atoms with Crippen molar-refractivity contribution in [3.63, 3.8) is 0 Å². The summed E-state index contributed by atoms with van der Waals surface area (Å²) in [6, 6.07) is 0. The molecule has 0 aromatic rings. The molecular weight excluding hydrogens is 286 g/mol. The van der Waals surface area contributed by atoms with Gasteiger partial charge in [-0.25, -0.2) is 8.42 Å². The van der Waals surface area contributed by atoms with Gasteiger partial charge in [0.05, 0.1) is 37.3 Å². The lowest BCUT2D eigenvalue weighted by molar-refractivity contribution is -0.884. The molecule has 0 heterocycles. The van der Waals surface area contributed by atoms with Crippen LogP contribution in [0, 0.1) is 0 Å². The monoisotopic (exact) mass is 317 g/mol. The van der Waals surface area contributed by atoms with Gasteiger partial charge < -0.3 is 9.04 Å². The normalized spacial score (nSPS) is 13.3. The van der Waals surface area contributed by atoms with E-state index in [0.29, 0.717) is 6.42 Å². The summed E-state index contributed by atoms with van der Waals surface area (Å²) in [7, 11) is 0.202. The Kier molecular flexibility index (Phi) is 9.09. The van der Waals surface area contributed by atoms with E-state index < -0.39 is 10.1 Å². The standard InChI is InChI=1S/C16H31NO3S/c1-15(2)9-8-10-16(3)11-13-17(4,5)12-6-7-14-21(18,19)20/h9,11H,6-8,10,12-14H2,1-5H3/b16-11+. The van der Waals surface area contributed by atoms with Gasteiger partial charge in [-0.1, -0.05) is 17.2 Å². The molecule has 0 aliphatic carbocycles. The maximum Gasteiger partial charge on any atom is 0.0972 e. The fourth-order valence-electron chi connectivity index (χ4n) is 2.00. The maximum atomic E-state index is 10.5. The Labute approximate surface area is 130 Å². The molecule has 0 atom stereocenters. The lowest BCUT2D eigenvalue weighted by Gasteiger charge is -2.29. The van der Waals surface area contributed by atoms with Crippen LogP contribution in [-0.4, -0.2) is 50.4 Å². The molecule has 0 unspecified atom stereocenters. The first-order valence-corrected chi connectivity index (χ1v) is 9.14. The number of quaternary nitrogens is 1. The van der Waals surface area contributed by atoms with Crippen LogP contribution in [0.25, 0.3) is 0 Å². The molecule has 0 aromatic carbocycles. The first kappa shape index (κ1) is 20.3. The van der Waals surface area contributed by atoms with E-state index in [4.69, 9.17) is 0 Å². The molecule has 0 amide bonds. The largest absolute Gasteiger partial charge is 0.748 e. The molecule has 0 radical (unpaired) electrons. The van der Waals surface area contributed by atoms with Crippen LogP contribution < -0.4 is 0 Å². The number of hydrogen-bond donors (Lipinski definition) is 0. The zero-order chi connectivity index (χ0) is 16.5. The number of rotatable bonds is 10. The number of hydrogen-bond acceptors (Lipinski definition) is 3. The number of allylic oxidation sites excluding steroid dienone is 3. The lowest BCUT2D eigenvalue weighted by Crippen LogP contribution is -2.40. The summed E-state index contributed by atoms with van der Waals surface area (Å²) >= 11 is 0. The van der Waals surface area contributed by atoms with E-state index in [1.54, 1.807) is 0 Å². The van der Waals surface area contributed by atoms with Crippen molar-refractivity contribution in [2.45, 2.75) is 46.5 Å². The molecule has 0 bridgehead atoms. The molecule has 124 valence electrons. The summed E-state index contributed by atoms with van der Waals surface area (Å²) in [4.78, 5) is 0. The van der Waals surface area contributed by atoms with Crippen LogP contribution in [0.4, 0.5) is 0 Å². The van der Waals surface area contributed by atoms with Crippen molar-refractivity contribution in [2.24, 2.45) is 0 Å². The van der Waals surface area contributed by atoms with Gasteiger partial charge in [0.15, 0.2) is 0 Å². The average molecular weight is 317 g/mol. The summed E-state index contributed by atoms with van der Waals surface area (Å²) in [5.41, 5.74) is 2.74.